The maximum atomic E-state index is 12.3. The number of hydrogen-bond acceptors (Lipinski definition) is 5. The quantitative estimate of drug-likeness (QED) is 0.688. The average molecular weight is 432 g/mol. The second-order valence-corrected chi connectivity index (χ2v) is 7.76. The Morgan fingerprint density at radius 1 is 1.10 bits per heavy atom. The Morgan fingerprint density at radius 2 is 1.71 bits per heavy atom. The van der Waals surface area contributed by atoms with Gasteiger partial charge in [-0.1, -0.05) is 30.3 Å². The molecule has 1 N–H and O–H groups in total. The normalized spacial score (nSPS) is 17.4. The maximum absolute atomic E-state index is 12.3. The fraction of sp³-hybridized carbons (Fsp3) is 0.348. The van der Waals surface area contributed by atoms with E-state index < -0.39 is 12.1 Å². The van der Waals surface area contributed by atoms with Crippen molar-refractivity contribution in [3.8, 4) is 11.1 Å². The van der Waals surface area contributed by atoms with Crippen molar-refractivity contribution < 1.29 is 53.8 Å². The van der Waals surface area contributed by atoms with Crippen molar-refractivity contribution >= 4 is 23.7 Å². The molecule has 0 fully saturated rings. The summed E-state index contributed by atoms with van der Waals surface area (Å²) in [5, 5.41) is 13.9. The molecule has 1 aliphatic heterocycles. The molecule has 0 saturated carbocycles. The number of nitrogens with one attached hydrogen (secondary N) is 1. The summed E-state index contributed by atoms with van der Waals surface area (Å²) in [4.78, 5) is 37.2. The summed E-state index contributed by atoms with van der Waals surface area (Å²) in [6.07, 6.45) is -0.201. The first-order chi connectivity index (χ1) is 14.2. The van der Waals surface area contributed by atoms with Crippen molar-refractivity contribution in [3.05, 3.63) is 53.6 Å². The summed E-state index contributed by atoms with van der Waals surface area (Å²) < 4.78 is 5.24. The molecule has 1 aliphatic rings. The fourth-order valence-corrected chi connectivity index (χ4v) is 3.85. The van der Waals surface area contributed by atoms with Crippen molar-refractivity contribution in [1.82, 2.24) is 5.32 Å². The number of ether oxygens (including phenoxy) is 1. The molecule has 2 aromatic carbocycles. The zero-order valence-electron chi connectivity index (χ0n) is 18.5. The van der Waals surface area contributed by atoms with Crippen LogP contribution in [0, 0.1) is 0 Å². The van der Waals surface area contributed by atoms with Crippen LogP contribution in [-0.2, 0) is 9.53 Å². The first-order valence-electron chi connectivity index (χ1n) is 9.90. The molecule has 0 saturated heterocycles. The van der Waals surface area contributed by atoms with Gasteiger partial charge in [0.15, 0.2) is 0 Å². The number of hydrogen-bond donors (Lipinski definition) is 1. The summed E-state index contributed by atoms with van der Waals surface area (Å²) in [6, 6.07) is 11.6. The predicted molar refractivity (Wildman–Crippen MR) is 111 cm³/mol. The molecule has 8 heteroatoms. The van der Waals surface area contributed by atoms with Crippen LogP contribution >= 0.6 is 0 Å². The summed E-state index contributed by atoms with van der Waals surface area (Å²) in [5.41, 5.74) is 3.32. The van der Waals surface area contributed by atoms with E-state index in [9.17, 15) is 19.5 Å². The molecule has 2 aromatic rings. The number of alkyl carbamates (subject to hydrolysis) is 1. The maximum Gasteiger partial charge on any atom is 1.00 e. The second kappa shape index (κ2) is 10.3. The van der Waals surface area contributed by atoms with Crippen molar-refractivity contribution in [1.29, 1.82) is 0 Å². The van der Waals surface area contributed by atoms with Gasteiger partial charge in [0.25, 0.3) is 0 Å². The van der Waals surface area contributed by atoms with Crippen LogP contribution in [0.5, 0.6) is 0 Å². The Balaban J connectivity index is 0.00000341. The fourth-order valence-electron chi connectivity index (χ4n) is 3.85. The topological polar surface area (TPSA) is 98.8 Å². The number of nitrogens with zero attached hydrogens (tertiary/aromatic N) is 1. The average Bonchev–Trinajstić information content (AvgIpc) is 2.66. The summed E-state index contributed by atoms with van der Waals surface area (Å²) >= 11 is 0. The van der Waals surface area contributed by atoms with Gasteiger partial charge in [-0.15, -0.1) is 0 Å². The molecule has 2 atom stereocenters. The molecule has 3 rings (SSSR count). The van der Waals surface area contributed by atoms with Gasteiger partial charge in [-0.3, -0.25) is 4.79 Å². The third-order valence-corrected chi connectivity index (χ3v) is 5.11. The van der Waals surface area contributed by atoms with Crippen molar-refractivity contribution in [2.75, 3.05) is 4.90 Å². The number of rotatable bonds is 4. The van der Waals surface area contributed by atoms with Crippen LogP contribution in [0.15, 0.2) is 42.5 Å². The van der Waals surface area contributed by atoms with E-state index in [1.54, 1.807) is 30.9 Å². The molecule has 0 radical (unpaired) electrons. The second-order valence-electron chi connectivity index (χ2n) is 7.76. The smallest absolute Gasteiger partial charge is 0.545 e. The van der Waals surface area contributed by atoms with Crippen LogP contribution in [0.25, 0.3) is 11.1 Å². The minimum Gasteiger partial charge on any atom is -0.545 e. The monoisotopic (exact) mass is 432 g/mol. The number of anilines is 1. The summed E-state index contributed by atoms with van der Waals surface area (Å²) in [6.45, 7) is 7.03. The first-order valence-corrected chi connectivity index (χ1v) is 9.90. The van der Waals surface area contributed by atoms with Crippen LogP contribution in [0.3, 0.4) is 0 Å². The van der Waals surface area contributed by atoms with Gasteiger partial charge in [0.05, 0.1) is 18.1 Å². The van der Waals surface area contributed by atoms with Gasteiger partial charge in [0, 0.05) is 18.7 Å². The molecule has 0 bridgehead atoms. The zero-order valence-corrected chi connectivity index (χ0v) is 20.5. The van der Waals surface area contributed by atoms with E-state index in [2.05, 4.69) is 5.32 Å². The number of carbonyl (C=O) groups is 3. The number of aromatic carboxylic acids is 1. The van der Waals surface area contributed by atoms with Crippen molar-refractivity contribution in [2.45, 2.75) is 52.3 Å². The molecular formula is C23H25N2NaO5. The van der Waals surface area contributed by atoms with E-state index in [-0.39, 0.29) is 59.2 Å². The summed E-state index contributed by atoms with van der Waals surface area (Å²) in [7, 11) is 0. The van der Waals surface area contributed by atoms with Crippen LogP contribution in [0.4, 0.5) is 10.5 Å². The van der Waals surface area contributed by atoms with Gasteiger partial charge >= 0.3 is 35.7 Å². The number of benzene rings is 2. The predicted octanol–water partition coefficient (Wildman–Crippen LogP) is 0.0419. The Morgan fingerprint density at radius 3 is 2.26 bits per heavy atom. The number of amides is 2. The van der Waals surface area contributed by atoms with Gasteiger partial charge in [-0.2, -0.15) is 0 Å². The minimum atomic E-state index is -1.23. The van der Waals surface area contributed by atoms with Gasteiger partial charge in [0.2, 0.25) is 5.91 Å². The summed E-state index contributed by atoms with van der Waals surface area (Å²) in [5.74, 6) is -1.30. The van der Waals surface area contributed by atoms with E-state index in [1.807, 2.05) is 25.1 Å². The molecule has 0 unspecified atom stereocenters. The third-order valence-electron chi connectivity index (χ3n) is 5.11. The Kier molecular flexibility index (Phi) is 8.28. The van der Waals surface area contributed by atoms with E-state index in [0.29, 0.717) is 6.42 Å². The van der Waals surface area contributed by atoms with Gasteiger partial charge in [-0.25, -0.2) is 4.79 Å². The first kappa shape index (κ1) is 24.9. The third kappa shape index (κ3) is 5.67. The van der Waals surface area contributed by atoms with Crippen LogP contribution in [-0.4, -0.2) is 30.1 Å². The number of fused-ring (bicyclic) bond motifs is 1. The number of carboxylic acids is 1. The molecule has 1 heterocycles. The zero-order chi connectivity index (χ0) is 22.0. The SMILES string of the molecule is CC(=O)N1c2ccc(-c3ccc(C(=O)[O-])cc3)cc2[C@@H](NC(=O)OC(C)C)C[C@H]1C.[Na+]. The van der Waals surface area contributed by atoms with E-state index in [1.165, 1.54) is 19.1 Å². The molecule has 31 heavy (non-hydrogen) atoms. The number of carboxylic acid groups (broad SMARTS) is 1. The van der Waals surface area contributed by atoms with Crippen LogP contribution < -0.4 is 44.9 Å². The van der Waals surface area contributed by atoms with E-state index in [4.69, 9.17) is 4.74 Å². The molecule has 0 aromatic heterocycles. The van der Waals surface area contributed by atoms with Gasteiger partial charge in [0.1, 0.15) is 0 Å². The molecular weight excluding hydrogens is 407 g/mol. The van der Waals surface area contributed by atoms with Crippen molar-refractivity contribution in [2.24, 2.45) is 0 Å². The Labute approximate surface area is 204 Å². The number of carbonyl (C=O) groups excluding carboxylic acids is 3. The largest absolute Gasteiger partial charge is 1.00 e. The van der Waals surface area contributed by atoms with Crippen molar-refractivity contribution in [3.63, 3.8) is 0 Å². The molecule has 158 valence electrons. The molecule has 7 nitrogen and oxygen atoms in total. The molecule has 0 aliphatic carbocycles. The Hall–Kier alpha value is -2.35. The Bertz CT molecular complexity index is 974. The van der Waals surface area contributed by atoms with Crippen LogP contribution in [0.1, 0.15) is 56.1 Å². The van der Waals surface area contributed by atoms with E-state index in [0.717, 1.165) is 22.4 Å². The van der Waals surface area contributed by atoms with Crippen LogP contribution in [0.2, 0.25) is 0 Å². The van der Waals surface area contributed by atoms with Gasteiger partial charge < -0.3 is 24.9 Å². The molecule has 0 spiro atoms. The minimum absolute atomic E-state index is 0. The van der Waals surface area contributed by atoms with Gasteiger partial charge in [-0.05, 0) is 61.6 Å². The molecule has 2 amide bonds. The standard InChI is InChI=1S/C23H26N2O5.Na/c1-13(2)30-23(29)24-20-11-14(3)25(15(4)26)21-10-9-18(12-19(20)21)16-5-7-17(8-6-16)22(27)28;/h5-10,12-14,20H,11H2,1-4H3,(H,24,29)(H,27,28);/q;+1/p-1/t14-,20+;/m1./s1. The van der Waals surface area contributed by atoms with E-state index >= 15 is 0 Å².